The second-order valence-corrected chi connectivity index (χ2v) is 10.3. The minimum atomic E-state index is -1.80. The molecule has 1 atom stereocenters. The van der Waals surface area contributed by atoms with Crippen molar-refractivity contribution in [3.05, 3.63) is 58.4 Å². The fourth-order valence-corrected chi connectivity index (χ4v) is 3.73. The SMILES string of the molecule is Cc1cc(C)c(NC(=O)Nc2cc(F)ccc2C(=O)N[C@@](C)(CCNC(=O)OC(C)(C)C)C(=O)O)c(C)c1. The summed E-state index contributed by atoms with van der Waals surface area (Å²) in [6.45, 7) is 11.8. The highest BCUT2D eigenvalue weighted by Gasteiger charge is 2.35. The van der Waals surface area contributed by atoms with Crippen LogP contribution in [0.2, 0.25) is 0 Å². The van der Waals surface area contributed by atoms with E-state index in [4.69, 9.17) is 4.74 Å². The molecule has 2 aromatic rings. The summed E-state index contributed by atoms with van der Waals surface area (Å²) in [6, 6.07) is 6.22. The Balaban J connectivity index is 2.18. The van der Waals surface area contributed by atoms with E-state index in [0.29, 0.717) is 5.69 Å². The smallest absolute Gasteiger partial charge is 0.407 e. The number of hydrogen-bond donors (Lipinski definition) is 5. The number of carboxylic acid groups (broad SMARTS) is 1. The number of carbonyl (C=O) groups excluding carboxylic acids is 3. The maximum atomic E-state index is 14.0. The first-order chi connectivity index (χ1) is 17.5. The number of aliphatic carboxylic acids is 1. The lowest BCUT2D eigenvalue weighted by molar-refractivity contribution is -0.144. The average molecular weight is 531 g/mol. The Morgan fingerprint density at radius 3 is 2.11 bits per heavy atom. The third-order valence-electron chi connectivity index (χ3n) is 5.54. The fourth-order valence-electron chi connectivity index (χ4n) is 3.73. The summed E-state index contributed by atoms with van der Waals surface area (Å²) in [5, 5.41) is 19.8. The molecule has 0 heterocycles. The molecule has 0 radical (unpaired) electrons. The third kappa shape index (κ3) is 8.46. The summed E-state index contributed by atoms with van der Waals surface area (Å²) in [7, 11) is 0. The normalized spacial score (nSPS) is 12.6. The zero-order chi connectivity index (χ0) is 28.8. The Hall–Kier alpha value is -4.15. The number of benzene rings is 2. The van der Waals surface area contributed by atoms with Gasteiger partial charge in [-0.3, -0.25) is 4.79 Å². The number of halogens is 1. The minimum absolute atomic E-state index is 0.107. The van der Waals surface area contributed by atoms with Crippen molar-refractivity contribution in [2.45, 2.75) is 66.0 Å². The third-order valence-corrected chi connectivity index (χ3v) is 5.54. The molecule has 0 aromatic heterocycles. The second-order valence-electron chi connectivity index (χ2n) is 10.3. The molecule has 0 fully saturated rings. The summed E-state index contributed by atoms with van der Waals surface area (Å²) in [5.74, 6) is -2.91. The predicted octanol–water partition coefficient (Wildman–Crippen LogP) is 4.88. The number of amides is 4. The van der Waals surface area contributed by atoms with Crippen molar-refractivity contribution in [1.29, 1.82) is 0 Å². The number of carboxylic acids is 1. The van der Waals surface area contributed by atoms with Crippen molar-refractivity contribution in [1.82, 2.24) is 10.6 Å². The number of aryl methyl sites for hydroxylation is 3. The highest BCUT2D eigenvalue weighted by Crippen LogP contribution is 2.24. The molecule has 2 rings (SSSR count). The number of hydrogen-bond acceptors (Lipinski definition) is 5. The van der Waals surface area contributed by atoms with Crippen LogP contribution in [0.3, 0.4) is 0 Å². The van der Waals surface area contributed by atoms with Gasteiger partial charge in [-0.2, -0.15) is 0 Å². The van der Waals surface area contributed by atoms with Gasteiger partial charge in [0.25, 0.3) is 5.91 Å². The number of rotatable bonds is 8. The van der Waals surface area contributed by atoms with Gasteiger partial charge in [-0.1, -0.05) is 17.7 Å². The van der Waals surface area contributed by atoms with Gasteiger partial charge in [-0.15, -0.1) is 0 Å². The van der Waals surface area contributed by atoms with Crippen LogP contribution in [0.15, 0.2) is 30.3 Å². The van der Waals surface area contributed by atoms with Crippen LogP contribution < -0.4 is 21.3 Å². The van der Waals surface area contributed by atoms with Crippen molar-refractivity contribution in [2.75, 3.05) is 17.2 Å². The standard InChI is InChI=1S/C27H35FN4O6/c1-15-12-16(2)21(17(3)13-15)31-24(36)30-20-14-18(28)8-9-19(20)22(33)32-27(7,23(34)35)10-11-29-25(37)38-26(4,5)6/h8-9,12-14H,10-11H2,1-7H3,(H,29,37)(H,32,33)(H,34,35)(H2,30,31,36)/t27-/m0/s1. The summed E-state index contributed by atoms with van der Waals surface area (Å²) in [4.78, 5) is 49.7. The maximum absolute atomic E-state index is 14.0. The van der Waals surface area contributed by atoms with Crippen LogP contribution in [-0.2, 0) is 9.53 Å². The molecule has 0 aliphatic rings. The Labute approximate surface area is 221 Å². The van der Waals surface area contributed by atoms with Gasteiger partial charge in [0.05, 0.1) is 11.3 Å². The lowest BCUT2D eigenvalue weighted by atomic mass is 9.97. The monoisotopic (exact) mass is 530 g/mol. The zero-order valence-corrected chi connectivity index (χ0v) is 22.7. The van der Waals surface area contributed by atoms with Crippen molar-refractivity contribution >= 4 is 35.4 Å². The van der Waals surface area contributed by atoms with Gasteiger partial charge in [0.1, 0.15) is 17.0 Å². The van der Waals surface area contributed by atoms with Crippen LogP contribution in [0.25, 0.3) is 0 Å². The van der Waals surface area contributed by atoms with Crippen LogP contribution in [0.1, 0.15) is 61.2 Å². The molecular weight excluding hydrogens is 495 g/mol. The van der Waals surface area contributed by atoms with Crippen LogP contribution in [0.5, 0.6) is 0 Å². The Kier molecular flexibility index (Phi) is 9.44. The van der Waals surface area contributed by atoms with Crippen LogP contribution in [0, 0.1) is 26.6 Å². The van der Waals surface area contributed by atoms with Crippen molar-refractivity contribution in [3.63, 3.8) is 0 Å². The van der Waals surface area contributed by atoms with Gasteiger partial charge in [-0.05, 0) is 84.2 Å². The first-order valence-corrected chi connectivity index (χ1v) is 12.0. The van der Waals surface area contributed by atoms with Crippen molar-refractivity contribution in [2.24, 2.45) is 0 Å². The molecule has 11 heteroatoms. The van der Waals surface area contributed by atoms with E-state index in [1.807, 2.05) is 32.9 Å². The highest BCUT2D eigenvalue weighted by molar-refractivity contribution is 6.07. The molecule has 0 unspecified atom stereocenters. The fraction of sp³-hybridized carbons (Fsp3) is 0.407. The first-order valence-electron chi connectivity index (χ1n) is 12.0. The van der Waals surface area contributed by atoms with E-state index >= 15 is 0 Å². The van der Waals surface area contributed by atoms with E-state index in [0.717, 1.165) is 34.9 Å². The quantitative estimate of drug-likeness (QED) is 0.329. The van der Waals surface area contributed by atoms with Gasteiger partial charge in [0.2, 0.25) is 0 Å². The lowest BCUT2D eigenvalue weighted by Gasteiger charge is -2.27. The van der Waals surface area contributed by atoms with Gasteiger partial charge in [0, 0.05) is 12.2 Å². The topological polar surface area (TPSA) is 146 Å². The molecule has 0 spiro atoms. The largest absolute Gasteiger partial charge is 0.480 e. The molecular formula is C27H35FN4O6. The number of urea groups is 1. The number of anilines is 2. The maximum Gasteiger partial charge on any atom is 0.407 e. The molecule has 10 nitrogen and oxygen atoms in total. The first kappa shape index (κ1) is 30.1. The molecule has 0 saturated heterocycles. The molecule has 0 bridgehead atoms. The van der Waals surface area contributed by atoms with Crippen molar-refractivity contribution < 1.29 is 33.4 Å². The number of nitrogens with one attached hydrogen (secondary N) is 4. The highest BCUT2D eigenvalue weighted by atomic mass is 19.1. The lowest BCUT2D eigenvalue weighted by Crippen LogP contribution is -2.54. The van der Waals surface area contributed by atoms with Crippen LogP contribution in [-0.4, -0.2) is 46.8 Å². The van der Waals surface area contributed by atoms with Crippen LogP contribution in [0.4, 0.5) is 25.4 Å². The predicted molar refractivity (Wildman–Crippen MR) is 142 cm³/mol. The zero-order valence-electron chi connectivity index (χ0n) is 22.7. The molecule has 0 saturated carbocycles. The molecule has 0 aliphatic heterocycles. The van der Waals surface area contributed by atoms with Crippen molar-refractivity contribution in [3.8, 4) is 0 Å². The Morgan fingerprint density at radius 1 is 0.947 bits per heavy atom. The molecule has 4 amide bonds. The van der Waals surface area contributed by atoms with E-state index in [1.165, 1.54) is 6.92 Å². The summed E-state index contributed by atoms with van der Waals surface area (Å²) in [5.41, 5.74) is 0.427. The Morgan fingerprint density at radius 2 is 1.55 bits per heavy atom. The molecule has 2 aromatic carbocycles. The number of ether oxygens (including phenoxy) is 1. The molecule has 206 valence electrons. The molecule has 0 aliphatic carbocycles. The van der Waals surface area contributed by atoms with Gasteiger partial charge in [0.15, 0.2) is 0 Å². The van der Waals surface area contributed by atoms with E-state index in [-0.39, 0.29) is 24.2 Å². The molecule has 38 heavy (non-hydrogen) atoms. The number of alkyl carbamates (subject to hydrolysis) is 1. The van der Waals surface area contributed by atoms with E-state index in [1.54, 1.807) is 20.8 Å². The van der Waals surface area contributed by atoms with Gasteiger partial charge in [-0.25, -0.2) is 18.8 Å². The van der Waals surface area contributed by atoms with E-state index in [9.17, 15) is 28.7 Å². The van der Waals surface area contributed by atoms with Crippen LogP contribution >= 0.6 is 0 Å². The summed E-state index contributed by atoms with van der Waals surface area (Å²) < 4.78 is 19.2. The average Bonchev–Trinajstić information content (AvgIpc) is 2.74. The second kappa shape index (κ2) is 11.9. The van der Waals surface area contributed by atoms with E-state index in [2.05, 4.69) is 21.3 Å². The minimum Gasteiger partial charge on any atom is -0.480 e. The van der Waals surface area contributed by atoms with E-state index < -0.39 is 41.0 Å². The molecule has 5 N–H and O–H groups in total. The van der Waals surface area contributed by atoms with Gasteiger partial charge >= 0.3 is 18.1 Å². The van der Waals surface area contributed by atoms with Gasteiger partial charge < -0.3 is 31.1 Å². The number of carbonyl (C=O) groups is 4. The summed E-state index contributed by atoms with van der Waals surface area (Å²) >= 11 is 0. The summed E-state index contributed by atoms with van der Waals surface area (Å²) in [6.07, 6.45) is -0.907. The Bertz CT molecular complexity index is 1220.